The monoisotopic (exact) mass is 395 g/mol. The Labute approximate surface area is 167 Å². The number of anilines is 1. The molecule has 9 heteroatoms. The zero-order valence-corrected chi connectivity index (χ0v) is 16.2. The Hall–Kier alpha value is -3.62. The summed E-state index contributed by atoms with van der Waals surface area (Å²) in [5, 5.41) is 6.84. The highest BCUT2D eigenvalue weighted by atomic mass is 16.5. The molecule has 2 amide bonds. The highest BCUT2D eigenvalue weighted by Gasteiger charge is 2.23. The molecular formula is C20H21N5O4. The van der Waals surface area contributed by atoms with Crippen molar-refractivity contribution in [3.63, 3.8) is 0 Å². The number of nitrogens with zero attached hydrogens (tertiary/aromatic N) is 4. The summed E-state index contributed by atoms with van der Waals surface area (Å²) in [5.74, 6) is 0.272. The van der Waals surface area contributed by atoms with Crippen molar-refractivity contribution < 1.29 is 19.1 Å². The molecule has 0 aliphatic carbocycles. The number of carbonyl (C=O) groups is 2. The number of aromatic nitrogens is 3. The van der Waals surface area contributed by atoms with Gasteiger partial charge in [-0.3, -0.25) is 9.59 Å². The largest absolute Gasteiger partial charge is 0.493 e. The predicted octanol–water partition coefficient (Wildman–Crippen LogP) is 2.23. The second-order valence-electron chi connectivity index (χ2n) is 6.69. The molecule has 1 saturated heterocycles. The Bertz CT molecular complexity index is 1070. The van der Waals surface area contributed by atoms with E-state index in [1.165, 1.54) is 20.5 Å². The van der Waals surface area contributed by atoms with Crippen molar-refractivity contribution in [3.05, 3.63) is 47.9 Å². The van der Waals surface area contributed by atoms with Crippen LogP contribution in [0.15, 0.2) is 36.8 Å². The molecule has 0 unspecified atom stereocenters. The van der Waals surface area contributed by atoms with Crippen LogP contribution in [0.5, 0.6) is 11.5 Å². The number of benzene rings is 1. The van der Waals surface area contributed by atoms with Crippen LogP contribution in [0.3, 0.4) is 0 Å². The van der Waals surface area contributed by atoms with Gasteiger partial charge in [0.2, 0.25) is 0 Å². The van der Waals surface area contributed by atoms with Gasteiger partial charge in [0.05, 0.1) is 19.9 Å². The van der Waals surface area contributed by atoms with Crippen molar-refractivity contribution in [2.75, 3.05) is 32.6 Å². The standard InChI is InChI=1S/C20H21N5O4/c1-28-16-10-14(20(27)24-6-3-4-7-24)9-15(18(16)29-2)23-19(26)13-5-8-25-17(11-13)21-12-22-25/h5,8-12H,3-4,6-7H2,1-2H3,(H,23,26). The third-order valence-corrected chi connectivity index (χ3v) is 4.91. The Morgan fingerprint density at radius 2 is 1.86 bits per heavy atom. The van der Waals surface area contributed by atoms with Crippen LogP contribution in [0.2, 0.25) is 0 Å². The lowest BCUT2D eigenvalue weighted by atomic mass is 10.1. The van der Waals surface area contributed by atoms with E-state index in [4.69, 9.17) is 9.47 Å². The Kier molecular flexibility index (Phi) is 5.03. The molecule has 0 bridgehead atoms. The maximum absolute atomic E-state index is 12.8. The van der Waals surface area contributed by atoms with Crippen LogP contribution >= 0.6 is 0 Å². The lowest BCUT2D eigenvalue weighted by Gasteiger charge is -2.19. The van der Waals surface area contributed by atoms with Crippen LogP contribution in [0.4, 0.5) is 5.69 Å². The lowest BCUT2D eigenvalue weighted by Crippen LogP contribution is -2.27. The zero-order valence-electron chi connectivity index (χ0n) is 16.2. The topological polar surface area (TPSA) is 98.1 Å². The number of nitrogens with one attached hydrogen (secondary N) is 1. The molecule has 1 aliphatic rings. The lowest BCUT2D eigenvalue weighted by molar-refractivity contribution is 0.0792. The summed E-state index contributed by atoms with van der Waals surface area (Å²) in [5.41, 5.74) is 1.76. The van der Waals surface area contributed by atoms with E-state index >= 15 is 0 Å². The van der Waals surface area contributed by atoms with E-state index < -0.39 is 0 Å². The van der Waals surface area contributed by atoms with Gasteiger partial charge < -0.3 is 19.7 Å². The summed E-state index contributed by atoms with van der Waals surface area (Å²) in [6.07, 6.45) is 5.06. The molecule has 3 aromatic rings. The maximum Gasteiger partial charge on any atom is 0.255 e. The first-order valence-corrected chi connectivity index (χ1v) is 9.26. The molecule has 4 rings (SSSR count). The van der Waals surface area contributed by atoms with Crippen molar-refractivity contribution in [3.8, 4) is 11.5 Å². The molecule has 1 fully saturated rings. The maximum atomic E-state index is 12.8. The van der Waals surface area contributed by atoms with Gasteiger partial charge in [-0.05, 0) is 37.1 Å². The molecular weight excluding hydrogens is 374 g/mol. The fourth-order valence-electron chi connectivity index (χ4n) is 3.43. The first-order valence-electron chi connectivity index (χ1n) is 9.26. The molecule has 1 aliphatic heterocycles. The predicted molar refractivity (Wildman–Crippen MR) is 106 cm³/mol. The van der Waals surface area contributed by atoms with E-state index in [9.17, 15) is 9.59 Å². The van der Waals surface area contributed by atoms with Gasteiger partial charge >= 0.3 is 0 Å². The molecule has 1 N–H and O–H groups in total. The summed E-state index contributed by atoms with van der Waals surface area (Å²) in [6.45, 7) is 1.46. The first kappa shape index (κ1) is 18.7. The first-order chi connectivity index (χ1) is 14.1. The van der Waals surface area contributed by atoms with Crippen molar-refractivity contribution in [1.82, 2.24) is 19.5 Å². The second kappa shape index (κ2) is 7.78. The van der Waals surface area contributed by atoms with E-state index in [2.05, 4.69) is 15.4 Å². The molecule has 0 spiro atoms. The number of carbonyl (C=O) groups excluding carboxylic acids is 2. The van der Waals surface area contributed by atoms with Crippen molar-refractivity contribution in [1.29, 1.82) is 0 Å². The van der Waals surface area contributed by atoms with Gasteiger partial charge in [0.15, 0.2) is 17.1 Å². The minimum absolute atomic E-state index is 0.0937. The average Bonchev–Trinajstić information content (AvgIpc) is 3.43. The van der Waals surface area contributed by atoms with Crippen LogP contribution < -0.4 is 14.8 Å². The van der Waals surface area contributed by atoms with Gasteiger partial charge in [-0.1, -0.05) is 0 Å². The van der Waals surface area contributed by atoms with Crippen LogP contribution in [0, 0.1) is 0 Å². The molecule has 29 heavy (non-hydrogen) atoms. The number of likely N-dealkylation sites (tertiary alicyclic amines) is 1. The number of pyridine rings is 1. The Balaban J connectivity index is 1.67. The number of hydrogen-bond acceptors (Lipinski definition) is 6. The number of ether oxygens (including phenoxy) is 2. The average molecular weight is 395 g/mol. The van der Waals surface area contributed by atoms with Crippen LogP contribution in [-0.4, -0.2) is 58.6 Å². The van der Waals surface area contributed by atoms with Crippen LogP contribution in [0.1, 0.15) is 33.6 Å². The molecule has 2 aromatic heterocycles. The van der Waals surface area contributed by atoms with E-state index in [0.29, 0.717) is 34.0 Å². The quantitative estimate of drug-likeness (QED) is 0.711. The van der Waals surface area contributed by atoms with Gasteiger partial charge in [-0.2, -0.15) is 5.10 Å². The van der Waals surface area contributed by atoms with E-state index in [-0.39, 0.29) is 11.8 Å². The third kappa shape index (κ3) is 3.58. The van der Waals surface area contributed by atoms with Gasteiger partial charge in [0, 0.05) is 30.4 Å². The van der Waals surface area contributed by atoms with Crippen molar-refractivity contribution >= 4 is 23.1 Å². The molecule has 150 valence electrons. The third-order valence-electron chi connectivity index (χ3n) is 4.91. The number of methoxy groups -OCH3 is 2. The molecule has 0 atom stereocenters. The van der Waals surface area contributed by atoms with Gasteiger partial charge in [-0.15, -0.1) is 0 Å². The normalized spacial score (nSPS) is 13.5. The molecule has 1 aromatic carbocycles. The van der Waals surface area contributed by atoms with Gasteiger partial charge in [-0.25, -0.2) is 9.50 Å². The second-order valence-corrected chi connectivity index (χ2v) is 6.69. The molecule has 0 radical (unpaired) electrons. The number of fused-ring (bicyclic) bond motifs is 1. The van der Waals surface area contributed by atoms with Crippen LogP contribution in [0.25, 0.3) is 5.65 Å². The van der Waals surface area contributed by atoms with Gasteiger partial charge in [0.25, 0.3) is 11.8 Å². The summed E-state index contributed by atoms with van der Waals surface area (Å²) >= 11 is 0. The SMILES string of the molecule is COc1cc(C(=O)N2CCCC2)cc(NC(=O)c2ccn3ncnc3c2)c1OC. The highest BCUT2D eigenvalue weighted by Crippen LogP contribution is 2.37. The minimum atomic E-state index is -0.360. The Morgan fingerprint density at radius 1 is 1.07 bits per heavy atom. The van der Waals surface area contributed by atoms with E-state index in [1.54, 1.807) is 39.9 Å². The molecule has 0 saturated carbocycles. The van der Waals surface area contributed by atoms with Crippen LogP contribution in [-0.2, 0) is 0 Å². The zero-order chi connectivity index (χ0) is 20.4. The van der Waals surface area contributed by atoms with E-state index in [1.807, 2.05) is 0 Å². The fraction of sp³-hybridized carbons (Fsp3) is 0.300. The summed E-state index contributed by atoms with van der Waals surface area (Å²) in [4.78, 5) is 31.5. The number of amides is 2. The summed E-state index contributed by atoms with van der Waals surface area (Å²) in [6, 6.07) is 6.53. The minimum Gasteiger partial charge on any atom is -0.493 e. The fourth-order valence-corrected chi connectivity index (χ4v) is 3.43. The number of rotatable bonds is 5. The van der Waals surface area contributed by atoms with Gasteiger partial charge in [0.1, 0.15) is 6.33 Å². The van der Waals surface area contributed by atoms with Crippen molar-refractivity contribution in [2.24, 2.45) is 0 Å². The Morgan fingerprint density at radius 3 is 2.59 bits per heavy atom. The smallest absolute Gasteiger partial charge is 0.255 e. The summed E-state index contributed by atoms with van der Waals surface area (Å²) in [7, 11) is 2.98. The molecule has 3 heterocycles. The number of hydrogen-bond donors (Lipinski definition) is 1. The molecule has 9 nitrogen and oxygen atoms in total. The van der Waals surface area contributed by atoms with Crippen molar-refractivity contribution in [2.45, 2.75) is 12.8 Å². The highest BCUT2D eigenvalue weighted by molar-refractivity contribution is 6.07. The summed E-state index contributed by atoms with van der Waals surface area (Å²) < 4.78 is 12.4. The van der Waals surface area contributed by atoms with E-state index in [0.717, 1.165) is 25.9 Å².